The lowest BCUT2D eigenvalue weighted by Gasteiger charge is -2.42. The van der Waals surface area contributed by atoms with Crippen LogP contribution in [0.4, 0.5) is 17.6 Å². The van der Waals surface area contributed by atoms with E-state index >= 15 is 0 Å². The topological polar surface area (TPSA) is 69.6 Å². The summed E-state index contributed by atoms with van der Waals surface area (Å²) in [6.07, 6.45) is 0.766. The maximum absolute atomic E-state index is 13.6. The third-order valence-electron chi connectivity index (χ3n) is 4.05. The van der Waals surface area contributed by atoms with Gasteiger partial charge in [0.1, 0.15) is 5.56 Å². The van der Waals surface area contributed by atoms with Crippen LogP contribution in [0.3, 0.4) is 0 Å². The van der Waals surface area contributed by atoms with Gasteiger partial charge in [-0.1, -0.05) is 6.92 Å². The fraction of sp³-hybridized carbons (Fsp3) is 0.467. The van der Waals surface area contributed by atoms with Gasteiger partial charge in [0, 0.05) is 18.2 Å². The molecule has 1 saturated carbocycles. The van der Waals surface area contributed by atoms with Gasteiger partial charge in [0.15, 0.2) is 23.3 Å². The van der Waals surface area contributed by atoms with Crippen LogP contribution in [-0.4, -0.2) is 47.1 Å². The molecule has 1 aliphatic rings. The summed E-state index contributed by atoms with van der Waals surface area (Å²) in [5.41, 5.74) is -1.30. The predicted octanol–water partition coefficient (Wildman–Crippen LogP) is 1.91. The number of aliphatic carboxylic acids is 1. The number of carboxylic acids is 1. The first-order valence-electron chi connectivity index (χ1n) is 7.34. The Kier molecular flexibility index (Phi) is 5.43. The number of halogens is 4. The van der Waals surface area contributed by atoms with Crippen LogP contribution in [0.15, 0.2) is 6.07 Å². The molecule has 0 heterocycles. The van der Waals surface area contributed by atoms with Gasteiger partial charge in [0.25, 0.3) is 5.91 Å². The molecule has 1 aromatic carbocycles. The average molecular weight is 348 g/mol. The number of likely N-dealkylation sites (N-methyl/N-ethyl adjacent to an activating group) is 1. The lowest BCUT2D eigenvalue weighted by molar-refractivity contribution is -0.139. The zero-order chi connectivity index (χ0) is 18.0. The summed E-state index contributed by atoms with van der Waals surface area (Å²) in [5, 5.41) is 11.1. The van der Waals surface area contributed by atoms with Gasteiger partial charge < -0.3 is 10.4 Å². The highest BCUT2D eigenvalue weighted by atomic mass is 19.2. The molecule has 0 unspecified atom stereocenters. The van der Waals surface area contributed by atoms with E-state index in [-0.39, 0.29) is 18.7 Å². The molecule has 0 aliphatic heterocycles. The number of carbonyl (C=O) groups excluding carboxylic acids is 1. The molecule has 2 rings (SSSR count). The van der Waals surface area contributed by atoms with Gasteiger partial charge in [0.2, 0.25) is 0 Å². The highest BCUT2D eigenvalue weighted by Gasteiger charge is 2.36. The molecule has 9 heteroatoms. The summed E-state index contributed by atoms with van der Waals surface area (Å²) in [6.45, 7) is 2.13. The number of hydrogen-bond acceptors (Lipinski definition) is 3. The van der Waals surface area contributed by atoms with Crippen molar-refractivity contribution in [1.82, 2.24) is 10.2 Å². The van der Waals surface area contributed by atoms with Crippen molar-refractivity contribution in [1.29, 1.82) is 0 Å². The first kappa shape index (κ1) is 18.2. The van der Waals surface area contributed by atoms with Crippen molar-refractivity contribution >= 4 is 11.9 Å². The first-order chi connectivity index (χ1) is 11.2. The summed E-state index contributed by atoms with van der Waals surface area (Å²) in [7, 11) is 0. The van der Waals surface area contributed by atoms with E-state index in [0.29, 0.717) is 19.4 Å². The van der Waals surface area contributed by atoms with Crippen LogP contribution in [0.2, 0.25) is 0 Å². The Morgan fingerprint density at radius 3 is 2.21 bits per heavy atom. The fourth-order valence-corrected chi connectivity index (χ4v) is 2.71. The smallest absolute Gasteiger partial charge is 0.317 e. The van der Waals surface area contributed by atoms with Crippen LogP contribution >= 0.6 is 0 Å². The molecule has 1 amide bonds. The van der Waals surface area contributed by atoms with Crippen LogP contribution in [0.5, 0.6) is 0 Å². The lowest BCUT2D eigenvalue weighted by atomic mass is 9.85. The number of nitrogens with one attached hydrogen (secondary N) is 1. The van der Waals surface area contributed by atoms with Gasteiger partial charge in [-0.05, 0) is 19.4 Å². The monoisotopic (exact) mass is 348 g/mol. The molecule has 0 spiro atoms. The van der Waals surface area contributed by atoms with E-state index in [0.717, 1.165) is 0 Å². The Bertz CT molecular complexity index is 636. The SMILES string of the molecule is CCN(CC(=O)O)C1CC(NC(=O)c2c(F)c(F)cc(F)c2F)C1. The number of carboxylic acid groups (broad SMARTS) is 1. The molecule has 5 nitrogen and oxygen atoms in total. The molecule has 1 fully saturated rings. The number of hydrogen-bond donors (Lipinski definition) is 2. The molecule has 2 N–H and O–H groups in total. The Labute approximate surface area is 135 Å². The van der Waals surface area contributed by atoms with Crippen molar-refractivity contribution in [3.63, 3.8) is 0 Å². The molecule has 0 bridgehead atoms. The van der Waals surface area contributed by atoms with Crippen LogP contribution in [-0.2, 0) is 4.79 Å². The molecule has 0 atom stereocenters. The largest absolute Gasteiger partial charge is 0.480 e. The van der Waals surface area contributed by atoms with Crippen LogP contribution in [0, 0.1) is 23.3 Å². The van der Waals surface area contributed by atoms with Gasteiger partial charge >= 0.3 is 5.97 Å². The van der Waals surface area contributed by atoms with Gasteiger partial charge in [0.05, 0.1) is 6.54 Å². The van der Waals surface area contributed by atoms with Crippen LogP contribution < -0.4 is 5.32 Å². The third-order valence-corrected chi connectivity index (χ3v) is 4.05. The number of carbonyl (C=O) groups is 2. The standard InChI is InChI=1S/C15H16F4N2O3/c1-2-21(6-11(22)23)8-3-7(4-8)20-15(24)12-13(18)9(16)5-10(17)14(12)19/h5,7-8H,2-4,6H2,1H3,(H,20,24)(H,22,23). The minimum atomic E-state index is -1.75. The summed E-state index contributed by atoms with van der Waals surface area (Å²) >= 11 is 0. The van der Waals surface area contributed by atoms with Crippen molar-refractivity contribution in [2.75, 3.05) is 13.1 Å². The van der Waals surface area contributed by atoms with E-state index in [1.807, 2.05) is 0 Å². The minimum Gasteiger partial charge on any atom is -0.480 e. The first-order valence-corrected chi connectivity index (χ1v) is 7.34. The summed E-state index contributed by atoms with van der Waals surface area (Å²) in [6, 6.07) is -0.503. The second-order valence-corrected chi connectivity index (χ2v) is 5.60. The van der Waals surface area contributed by atoms with E-state index in [2.05, 4.69) is 5.32 Å². The summed E-state index contributed by atoms with van der Waals surface area (Å²) < 4.78 is 53.4. The maximum Gasteiger partial charge on any atom is 0.317 e. The van der Waals surface area contributed by atoms with Crippen LogP contribution in [0.1, 0.15) is 30.1 Å². The summed E-state index contributed by atoms with van der Waals surface area (Å²) in [4.78, 5) is 24.3. The molecular weight excluding hydrogens is 332 g/mol. The second kappa shape index (κ2) is 7.16. The zero-order valence-electron chi connectivity index (χ0n) is 12.8. The van der Waals surface area contributed by atoms with E-state index in [9.17, 15) is 27.2 Å². The molecule has 0 saturated heterocycles. The number of rotatable bonds is 6. The Hall–Kier alpha value is -2.16. The second-order valence-electron chi connectivity index (χ2n) is 5.60. The molecule has 1 aromatic rings. The highest BCUT2D eigenvalue weighted by molar-refractivity contribution is 5.95. The molecule has 132 valence electrons. The highest BCUT2D eigenvalue weighted by Crippen LogP contribution is 2.27. The van der Waals surface area contributed by atoms with E-state index < -0.39 is 46.8 Å². The Morgan fingerprint density at radius 1 is 1.21 bits per heavy atom. The van der Waals surface area contributed by atoms with E-state index in [4.69, 9.17) is 5.11 Å². The average Bonchev–Trinajstić information content (AvgIpc) is 2.46. The van der Waals surface area contributed by atoms with Crippen molar-refractivity contribution in [3.8, 4) is 0 Å². The van der Waals surface area contributed by atoms with Gasteiger partial charge in [-0.15, -0.1) is 0 Å². The third kappa shape index (κ3) is 3.66. The zero-order valence-corrected chi connectivity index (χ0v) is 12.8. The molecule has 0 aromatic heterocycles. The Balaban J connectivity index is 2.00. The van der Waals surface area contributed by atoms with Crippen molar-refractivity contribution < 1.29 is 32.3 Å². The van der Waals surface area contributed by atoms with Crippen molar-refractivity contribution in [2.45, 2.75) is 31.8 Å². The molecule has 0 radical (unpaired) electrons. The van der Waals surface area contributed by atoms with Crippen molar-refractivity contribution in [2.24, 2.45) is 0 Å². The fourth-order valence-electron chi connectivity index (χ4n) is 2.71. The number of benzene rings is 1. The van der Waals surface area contributed by atoms with E-state index in [1.54, 1.807) is 11.8 Å². The van der Waals surface area contributed by atoms with Gasteiger partial charge in [-0.3, -0.25) is 14.5 Å². The lowest BCUT2D eigenvalue weighted by Crippen LogP contribution is -2.55. The predicted molar refractivity (Wildman–Crippen MR) is 75.4 cm³/mol. The Morgan fingerprint density at radius 2 is 1.75 bits per heavy atom. The molecular formula is C15H16F4N2O3. The molecule has 1 aliphatic carbocycles. The minimum absolute atomic E-state index is 0.0336. The van der Waals surface area contributed by atoms with Gasteiger partial charge in [-0.25, -0.2) is 17.6 Å². The molecule has 24 heavy (non-hydrogen) atoms. The summed E-state index contributed by atoms with van der Waals surface area (Å²) in [5.74, 6) is -9.02. The maximum atomic E-state index is 13.6. The quantitative estimate of drug-likeness (QED) is 0.609. The van der Waals surface area contributed by atoms with Crippen molar-refractivity contribution in [3.05, 3.63) is 34.9 Å². The van der Waals surface area contributed by atoms with E-state index in [1.165, 1.54) is 0 Å². The van der Waals surface area contributed by atoms with Gasteiger partial charge in [-0.2, -0.15) is 0 Å². The number of amides is 1. The van der Waals surface area contributed by atoms with Crippen LogP contribution in [0.25, 0.3) is 0 Å². The number of nitrogens with zero attached hydrogens (tertiary/aromatic N) is 1. The normalized spacial score (nSPS) is 19.9.